The number of carbonyl (C=O) groups excluding carboxylic acids is 2. The van der Waals surface area contributed by atoms with Crippen LogP contribution in [0.25, 0.3) is 0 Å². The van der Waals surface area contributed by atoms with Crippen molar-refractivity contribution in [3.63, 3.8) is 0 Å². The van der Waals surface area contributed by atoms with Gasteiger partial charge in [0.25, 0.3) is 0 Å². The van der Waals surface area contributed by atoms with Gasteiger partial charge in [0, 0.05) is 5.56 Å². The highest BCUT2D eigenvalue weighted by Gasteiger charge is 2.16. The molecule has 0 aromatic heterocycles. The van der Waals surface area contributed by atoms with Crippen LogP contribution in [0.15, 0.2) is 6.07 Å². The minimum atomic E-state index is -1.03. The van der Waals surface area contributed by atoms with Crippen molar-refractivity contribution in [1.82, 2.24) is 0 Å². The van der Waals surface area contributed by atoms with E-state index in [0.29, 0.717) is 17.1 Å². The molecule has 1 radical (unpaired) electrons. The summed E-state index contributed by atoms with van der Waals surface area (Å²) in [5.74, 6) is 0.0622. The Morgan fingerprint density at radius 2 is 1.83 bits per heavy atom. The van der Waals surface area contributed by atoms with Crippen LogP contribution in [0, 0.1) is 13.8 Å². The summed E-state index contributed by atoms with van der Waals surface area (Å²) in [4.78, 5) is 20.8. The number of carbonyl (C=O) groups is 1. The van der Waals surface area contributed by atoms with E-state index in [4.69, 9.17) is 14.2 Å². The Morgan fingerprint density at radius 3 is 2.33 bits per heavy atom. The van der Waals surface area contributed by atoms with Gasteiger partial charge in [-0.2, -0.15) is 0 Å². The number of esters is 1. The van der Waals surface area contributed by atoms with E-state index in [1.165, 1.54) is 7.11 Å². The standard InChI is InChI=1S/C13H15O5/c1-8-5-10(7-18-11(15)6-14)13(17-4)12(16-3)9(8)2/h5H,7H2,1-4H3. The minimum absolute atomic E-state index is 0.0608. The van der Waals surface area contributed by atoms with Gasteiger partial charge in [0.05, 0.1) is 14.2 Å². The third kappa shape index (κ3) is 2.80. The Kier molecular flexibility index (Phi) is 4.71. The summed E-state index contributed by atoms with van der Waals surface area (Å²) in [6.45, 7) is 3.76. The highest BCUT2D eigenvalue weighted by molar-refractivity contribution is 6.20. The van der Waals surface area contributed by atoms with Crippen LogP contribution in [0.2, 0.25) is 0 Å². The summed E-state index contributed by atoms with van der Waals surface area (Å²) in [6, 6.07) is 1.83. The van der Waals surface area contributed by atoms with Gasteiger partial charge in [0.2, 0.25) is 0 Å². The molecule has 0 spiro atoms. The first kappa shape index (κ1) is 14.0. The molecule has 0 aliphatic rings. The molecule has 1 aromatic carbocycles. The molecule has 0 bridgehead atoms. The van der Waals surface area contributed by atoms with E-state index in [1.807, 2.05) is 19.9 Å². The zero-order valence-electron chi connectivity index (χ0n) is 10.8. The van der Waals surface area contributed by atoms with Crippen LogP contribution >= 0.6 is 0 Å². The molecule has 0 saturated carbocycles. The van der Waals surface area contributed by atoms with Crippen molar-refractivity contribution >= 4 is 12.3 Å². The Labute approximate surface area is 106 Å². The van der Waals surface area contributed by atoms with E-state index in [-0.39, 0.29) is 6.61 Å². The van der Waals surface area contributed by atoms with Crippen LogP contribution in [0.1, 0.15) is 16.7 Å². The lowest BCUT2D eigenvalue weighted by atomic mass is 10.0. The minimum Gasteiger partial charge on any atom is -0.493 e. The van der Waals surface area contributed by atoms with Crippen molar-refractivity contribution in [3.8, 4) is 11.5 Å². The zero-order valence-corrected chi connectivity index (χ0v) is 10.8. The van der Waals surface area contributed by atoms with E-state index in [1.54, 1.807) is 7.11 Å². The number of rotatable bonds is 5. The predicted octanol–water partition coefficient (Wildman–Crippen LogP) is 1.47. The molecule has 1 aromatic rings. The second-order valence-corrected chi connectivity index (χ2v) is 3.72. The van der Waals surface area contributed by atoms with Gasteiger partial charge in [0.15, 0.2) is 11.5 Å². The molecule has 0 aliphatic heterocycles. The maximum atomic E-state index is 10.8. The fourth-order valence-electron chi connectivity index (χ4n) is 1.68. The Bertz CT molecular complexity index is 465. The van der Waals surface area contributed by atoms with Gasteiger partial charge in [-0.15, -0.1) is 0 Å². The van der Waals surface area contributed by atoms with Gasteiger partial charge in [0.1, 0.15) is 6.61 Å². The molecular weight excluding hydrogens is 236 g/mol. The van der Waals surface area contributed by atoms with E-state index in [9.17, 15) is 9.59 Å². The van der Waals surface area contributed by atoms with Crippen LogP contribution in [0.3, 0.4) is 0 Å². The molecule has 5 nitrogen and oxygen atoms in total. The number of benzene rings is 1. The van der Waals surface area contributed by atoms with Crippen LogP contribution in [0.5, 0.6) is 11.5 Å². The van der Waals surface area contributed by atoms with Gasteiger partial charge >= 0.3 is 12.3 Å². The largest absolute Gasteiger partial charge is 0.493 e. The monoisotopic (exact) mass is 251 g/mol. The van der Waals surface area contributed by atoms with Gasteiger partial charge in [-0.3, -0.25) is 4.79 Å². The summed E-state index contributed by atoms with van der Waals surface area (Å²) >= 11 is 0. The van der Waals surface area contributed by atoms with E-state index in [0.717, 1.165) is 17.4 Å². The normalized spacial score (nSPS) is 9.78. The molecule has 0 atom stereocenters. The van der Waals surface area contributed by atoms with E-state index >= 15 is 0 Å². The summed E-state index contributed by atoms with van der Waals surface area (Å²) in [7, 11) is 3.04. The van der Waals surface area contributed by atoms with Crippen molar-refractivity contribution in [2.75, 3.05) is 14.2 Å². The van der Waals surface area contributed by atoms with Crippen molar-refractivity contribution in [2.24, 2.45) is 0 Å². The summed E-state index contributed by atoms with van der Waals surface area (Å²) in [5.41, 5.74) is 2.57. The topological polar surface area (TPSA) is 61.8 Å². The maximum absolute atomic E-state index is 10.8. The molecule has 0 fully saturated rings. The second-order valence-electron chi connectivity index (χ2n) is 3.72. The molecule has 0 N–H and O–H groups in total. The highest BCUT2D eigenvalue weighted by atomic mass is 16.5. The molecule has 97 valence electrons. The molecule has 0 aliphatic carbocycles. The van der Waals surface area contributed by atoms with Gasteiger partial charge in [-0.25, -0.2) is 4.79 Å². The molecule has 0 saturated heterocycles. The number of methoxy groups -OCH3 is 2. The predicted molar refractivity (Wildman–Crippen MR) is 64.5 cm³/mol. The molecular formula is C13H15O5. The first-order valence-electron chi connectivity index (χ1n) is 5.31. The fraction of sp³-hybridized carbons (Fsp3) is 0.385. The second kappa shape index (κ2) is 6.05. The lowest BCUT2D eigenvalue weighted by Crippen LogP contribution is -2.07. The van der Waals surface area contributed by atoms with Crippen LogP contribution in [-0.4, -0.2) is 26.5 Å². The first-order valence-corrected chi connectivity index (χ1v) is 5.31. The maximum Gasteiger partial charge on any atom is 0.383 e. The molecule has 0 heterocycles. The number of aryl methyl sites for hydroxylation is 1. The third-order valence-electron chi connectivity index (χ3n) is 2.67. The summed E-state index contributed by atoms with van der Waals surface area (Å²) in [6.07, 6.45) is 1.14. The van der Waals surface area contributed by atoms with Crippen LogP contribution in [-0.2, 0) is 20.9 Å². The first-order chi connectivity index (χ1) is 8.54. The third-order valence-corrected chi connectivity index (χ3v) is 2.67. The molecule has 18 heavy (non-hydrogen) atoms. The highest BCUT2D eigenvalue weighted by Crippen LogP contribution is 2.36. The van der Waals surface area contributed by atoms with Crippen LogP contribution < -0.4 is 9.47 Å². The average Bonchev–Trinajstić information content (AvgIpc) is 2.38. The van der Waals surface area contributed by atoms with Crippen molar-refractivity contribution < 1.29 is 23.8 Å². The Balaban J connectivity index is 3.14. The molecule has 1 rings (SSSR count). The zero-order chi connectivity index (χ0) is 13.7. The molecule has 0 unspecified atom stereocenters. The number of hydrogen-bond donors (Lipinski definition) is 0. The number of hydrogen-bond acceptors (Lipinski definition) is 5. The fourth-order valence-corrected chi connectivity index (χ4v) is 1.68. The van der Waals surface area contributed by atoms with Gasteiger partial charge < -0.3 is 14.2 Å². The van der Waals surface area contributed by atoms with Gasteiger partial charge in [-0.05, 0) is 31.0 Å². The van der Waals surface area contributed by atoms with Crippen molar-refractivity contribution in [2.45, 2.75) is 20.5 Å². The van der Waals surface area contributed by atoms with E-state index in [2.05, 4.69) is 0 Å². The average molecular weight is 251 g/mol. The quantitative estimate of drug-likeness (QED) is 0.586. The van der Waals surface area contributed by atoms with E-state index < -0.39 is 5.97 Å². The Hall–Kier alpha value is -2.04. The lowest BCUT2D eigenvalue weighted by molar-refractivity contribution is -0.136. The summed E-state index contributed by atoms with van der Waals surface area (Å²) < 4.78 is 15.2. The lowest BCUT2D eigenvalue weighted by Gasteiger charge is -2.16. The van der Waals surface area contributed by atoms with Gasteiger partial charge in [-0.1, -0.05) is 0 Å². The SMILES string of the molecule is COc1c(COC(=O)[C]=O)cc(C)c(C)c1OC. The number of ether oxygens (including phenoxy) is 3. The van der Waals surface area contributed by atoms with Crippen molar-refractivity contribution in [3.05, 3.63) is 22.8 Å². The molecule has 0 amide bonds. The smallest absolute Gasteiger partial charge is 0.383 e. The Morgan fingerprint density at radius 1 is 1.22 bits per heavy atom. The van der Waals surface area contributed by atoms with Crippen LogP contribution in [0.4, 0.5) is 0 Å². The van der Waals surface area contributed by atoms with Crippen molar-refractivity contribution in [1.29, 1.82) is 0 Å². The summed E-state index contributed by atoms with van der Waals surface area (Å²) in [5, 5.41) is 0. The molecule has 5 heteroatoms.